The first kappa shape index (κ1) is 15.7. The van der Waals surface area contributed by atoms with Crippen molar-refractivity contribution in [2.24, 2.45) is 0 Å². The summed E-state index contributed by atoms with van der Waals surface area (Å²) in [7, 11) is -2.83. The molecule has 96 valence electrons. The Bertz CT molecular complexity index is 323. The van der Waals surface area contributed by atoms with E-state index < -0.39 is 9.84 Å². The van der Waals surface area contributed by atoms with E-state index in [1.807, 2.05) is 6.92 Å². The summed E-state index contributed by atoms with van der Waals surface area (Å²) in [4.78, 5) is 0. The first-order valence-electron chi connectivity index (χ1n) is 5.68. The number of nitrogens with one attached hydrogen (secondary N) is 1. The second-order valence-corrected chi connectivity index (χ2v) is 7.66. The monoisotopic (exact) mass is 247 g/mol. The third-order valence-corrected chi connectivity index (χ3v) is 3.11. The van der Waals surface area contributed by atoms with Crippen molar-refractivity contribution in [3.63, 3.8) is 0 Å². The second-order valence-electron chi connectivity index (χ2n) is 5.40. The molecule has 3 nitrogen and oxygen atoms in total. The van der Waals surface area contributed by atoms with Gasteiger partial charge in [-0.25, -0.2) is 8.42 Å². The minimum absolute atomic E-state index is 0.147. The van der Waals surface area contributed by atoms with Gasteiger partial charge in [0.15, 0.2) is 0 Å². The van der Waals surface area contributed by atoms with Crippen LogP contribution in [0.25, 0.3) is 0 Å². The van der Waals surface area contributed by atoms with Crippen LogP contribution in [0.1, 0.15) is 40.5 Å². The fourth-order valence-corrected chi connectivity index (χ4v) is 1.91. The highest BCUT2D eigenvalue weighted by atomic mass is 32.2. The predicted molar refractivity (Wildman–Crippen MR) is 70.5 cm³/mol. The van der Waals surface area contributed by atoms with E-state index in [0.29, 0.717) is 6.42 Å². The maximum absolute atomic E-state index is 11.0. The Morgan fingerprint density at radius 1 is 1.31 bits per heavy atom. The lowest BCUT2D eigenvalue weighted by atomic mass is 10.1. The molecule has 0 saturated heterocycles. The van der Waals surface area contributed by atoms with E-state index in [-0.39, 0.29) is 11.3 Å². The highest BCUT2D eigenvalue weighted by Crippen LogP contribution is 2.04. The van der Waals surface area contributed by atoms with Gasteiger partial charge >= 0.3 is 0 Å². The van der Waals surface area contributed by atoms with Gasteiger partial charge in [0.25, 0.3) is 0 Å². The Balaban J connectivity index is 3.80. The quantitative estimate of drug-likeness (QED) is 0.578. The van der Waals surface area contributed by atoms with Crippen molar-refractivity contribution in [1.29, 1.82) is 0 Å². The minimum Gasteiger partial charge on any atom is -0.312 e. The Morgan fingerprint density at radius 2 is 1.88 bits per heavy atom. The molecule has 0 bridgehead atoms. The lowest BCUT2D eigenvalue weighted by Crippen LogP contribution is -2.36. The first-order chi connectivity index (χ1) is 7.10. The molecule has 0 heterocycles. The molecule has 0 aromatic rings. The average Bonchev–Trinajstić information content (AvgIpc) is 2.06. The molecule has 0 atom stereocenters. The summed E-state index contributed by atoms with van der Waals surface area (Å²) in [6.07, 6.45) is 4.99. The standard InChI is InChI=1S/C12H25NO2S/c1-11(8-10-16(5,14)15)7-6-9-13-12(2,3)4/h7,13H,6,8-10H2,1-5H3. The molecule has 0 saturated carbocycles. The molecule has 0 unspecified atom stereocenters. The molecule has 4 heteroatoms. The lowest BCUT2D eigenvalue weighted by Gasteiger charge is -2.19. The topological polar surface area (TPSA) is 46.2 Å². The largest absolute Gasteiger partial charge is 0.312 e. The van der Waals surface area contributed by atoms with E-state index in [9.17, 15) is 8.42 Å². The normalized spacial score (nSPS) is 14.2. The predicted octanol–water partition coefficient (Wildman–Crippen LogP) is 2.15. The summed E-state index contributed by atoms with van der Waals surface area (Å²) >= 11 is 0. The summed E-state index contributed by atoms with van der Waals surface area (Å²) < 4.78 is 21.9. The van der Waals surface area contributed by atoms with Gasteiger partial charge in [-0.15, -0.1) is 0 Å². The van der Waals surface area contributed by atoms with Gasteiger partial charge in [0, 0.05) is 11.8 Å². The maximum Gasteiger partial charge on any atom is 0.147 e. The van der Waals surface area contributed by atoms with E-state index in [0.717, 1.165) is 18.5 Å². The van der Waals surface area contributed by atoms with Crippen LogP contribution < -0.4 is 5.32 Å². The number of hydrogen-bond donors (Lipinski definition) is 1. The maximum atomic E-state index is 11.0. The molecule has 0 aliphatic carbocycles. The molecule has 16 heavy (non-hydrogen) atoms. The smallest absolute Gasteiger partial charge is 0.147 e. The van der Waals surface area contributed by atoms with Crippen LogP contribution in [0.5, 0.6) is 0 Å². The highest BCUT2D eigenvalue weighted by molar-refractivity contribution is 7.90. The molecule has 0 rings (SSSR count). The summed E-state index contributed by atoms with van der Waals surface area (Å²) in [5.41, 5.74) is 1.30. The van der Waals surface area contributed by atoms with Crippen molar-refractivity contribution in [2.75, 3.05) is 18.6 Å². The molecule has 0 aromatic carbocycles. The molecule has 0 aromatic heterocycles. The second kappa shape index (κ2) is 6.40. The number of rotatable bonds is 6. The zero-order valence-electron chi connectivity index (χ0n) is 11.1. The molecular formula is C12H25NO2S. The van der Waals surface area contributed by atoms with Crippen molar-refractivity contribution in [2.45, 2.75) is 46.1 Å². The van der Waals surface area contributed by atoms with Crippen LogP contribution in [-0.4, -0.2) is 32.5 Å². The minimum atomic E-state index is -2.83. The third-order valence-electron chi connectivity index (χ3n) is 2.16. The number of hydrogen-bond acceptors (Lipinski definition) is 3. The van der Waals surface area contributed by atoms with Crippen LogP contribution in [0.3, 0.4) is 0 Å². The highest BCUT2D eigenvalue weighted by Gasteiger charge is 2.06. The van der Waals surface area contributed by atoms with Gasteiger partial charge in [-0.05, 0) is 47.1 Å². The fraction of sp³-hybridized carbons (Fsp3) is 0.833. The van der Waals surface area contributed by atoms with Gasteiger partial charge in [0.1, 0.15) is 9.84 Å². The molecule has 0 radical (unpaired) electrons. The zero-order valence-corrected chi connectivity index (χ0v) is 11.9. The van der Waals surface area contributed by atoms with Crippen molar-refractivity contribution in [3.05, 3.63) is 11.6 Å². The molecule has 0 spiro atoms. The van der Waals surface area contributed by atoms with Gasteiger partial charge in [0.2, 0.25) is 0 Å². The van der Waals surface area contributed by atoms with E-state index >= 15 is 0 Å². The van der Waals surface area contributed by atoms with Crippen molar-refractivity contribution < 1.29 is 8.42 Å². The van der Waals surface area contributed by atoms with Crippen LogP contribution in [0.2, 0.25) is 0 Å². The molecule has 0 aliphatic rings. The Kier molecular flexibility index (Phi) is 6.26. The Labute approximate surface area is 100 Å². The fourth-order valence-electron chi connectivity index (χ4n) is 1.21. The Morgan fingerprint density at radius 3 is 2.31 bits per heavy atom. The molecule has 1 N–H and O–H groups in total. The zero-order chi connectivity index (χ0) is 12.8. The van der Waals surface area contributed by atoms with Crippen LogP contribution in [0, 0.1) is 0 Å². The van der Waals surface area contributed by atoms with Gasteiger partial charge in [-0.2, -0.15) is 0 Å². The lowest BCUT2D eigenvalue weighted by molar-refractivity contribution is 0.431. The van der Waals surface area contributed by atoms with Crippen LogP contribution in [0.4, 0.5) is 0 Å². The van der Waals surface area contributed by atoms with Gasteiger partial charge in [-0.3, -0.25) is 0 Å². The molecular weight excluding hydrogens is 222 g/mol. The first-order valence-corrected chi connectivity index (χ1v) is 7.74. The molecule has 0 aliphatic heterocycles. The number of sulfone groups is 1. The number of allylic oxidation sites excluding steroid dienone is 1. The summed E-state index contributed by atoms with van der Waals surface area (Å²) in [5.74, 6) is 0.252. The van der Waals surface area contributed by atoms with Crippen LogP contribution in [-0.2, 0) is 9.84 Å². The van der Waals surface area contributed by atoms with E-state index in [2.05, 4.69) is 32.2 Å². The van der Waals surface area contributed by atoms with E-state index in [1.54, 1.807) is 0 Å². The van der Waals surface area contributed by atoms with Crippen LogP contribution >= 0.6 is 0 Å². The average molecular weight is 247 g/mol. The van der Waals surface area contributed by atoms with E-state index in [1.165, 1.54) is 6.26 Å². The van der Waals surface area contributed by atoms with Gasteiger partial charge in [0.05, 0.1) is 5.75 Å². The van der Waals surface area contributed by atoms with Gasteiger partial charge in [-0.1, -0.05) is 11.6 Å². The Hall–Kier alpha value is -0.350. The summed E-state index contributed by atoms with van der Waals surface area (Å²) in [6.45, 7) is 9.32. The van der Waals surface area contributed by atoms with Crippen molar-refractivity contribution in [3.8, 4) is 0 Å². The summed E-state index contributed by atoms with van der Waals surface area (Å²) in [6, 6.07) is 0. The van der Waals surface area contributed by atoms with Crippen molar-refractivity contribution in [1.82, 2.24) is 5.32 Å². The van der Waals surface area contributed by atoms with Gasteiger partial charge < -0.3 is 5.32 Å². The SMILES string of the molecule is CC(=CCCNC(C)(C)C)CCS(C)(=O)=O. The van der Waals surface area contributed by atoms with E-state index in [4.69, 9.17) is 0 Å². The van der Waals surface area contributed by atoms with Crippen molar-refractivity contribution >= 4 is 9.84 Å². The van der Waals surface area contributed by atoms with Crippen LogP contribution in [0.15, 0.2) is 11.6 Å². The molecule has 0 fully saturated rings. The third kappa shape index (κ3) is 11.7. The molecule has 0 amide bonds. The summed E-state index contributed by atoms with van der Waals surface area (Å²) in [5, 5.41) is 3.39.